The van der Waals surface area contributed by atoms with Gasteiger partial charge in [-0.25, -0.2) is 14.3 Å². The summed E-state index contributed by atoms with van der Waals surface area (Å²) in [5, 5.41) is 3.95. The predicted molar refractivity (Wildman–Crippen MR) is 146 cm³/mol. The predicted octanol–water partition coefficient (Wildman–Crippen LogP) is 7.02. The highest BCUT2D eigenvalue weighted by Crippen LogP contribution is 2.33. The minimum atomic E-state index is -0.558. The van der Waals surface area contributed by atoms with E-state index in [-0.39, 0.29) is 18.4 Å². The molecule has 0 radical (unpaired) electrons. The molecule has 1 fully saturated rings. The third kappa shape index (κ3) is 5.22. The highest BCUT2D eigenvalue weighted by molar-refractivity contribution is 7.13. The summed E-state index contributed by atoms with van der Waals surface area (Å²) in [6.07, 6.45) is 6.64. The molecule has 0 aliphatic heterocycles. The molecule has 7 nitrogen and oxygen atoms in total. The van der Waals surface area contributed by atoms with E-state index < -0.39 is 6.09 Å². The number of amides is 1. The second-order valence-corrected chi connectivity index (χ2v) is 10.5. The number of anilines is 1. The molecular weight excluding hydrogens is 510 g/mol. The summed E-state index contributed by atoms with van der Waals surface area (Å²) in [7, 11) is 1.60. The van der Waals surface area contributed by atoms with Crippen molar-refractivity contribution in [2.45, 2.75) is 51.5 Å². The Hall–Kier alpha value is -3.36. The Labute approximate surface area is 224 Å². The van der Waals surface area contributed by atoms with Gasteiger partial charge in [0.15, 0.2) is 5.13 Å². The van der Waals surface area contributed by atoms with E-state index in [1.165, 1.54) is 22.3 Å². The third-order valence-electron chi connectivity index (χ3n) is 6.91. The highest BCUT2D eigenvalue weighted by atomic mass is 35.5. The van der Waals surface area contributed by atoms with Crippen LogP contribution in [0, 0.1) is 6.92 Å². The minimum absolute atomic E-state index is 0.0297. The van der Waals surface area contributed by atoms with Crippen molar-refractivity contribution in [1.29, 1.82) is 0 Å². The van der Waals surface area contributed by atoms with Gasteiger partial charge in [-0.05, 0) is 67.8 Å². The van der Waals surface area contributed by atoms with Gasteiger partial charge in [0, 0.05) is 33.7 Å². The summed E-state index contributed by atoms with van der Waals surface area (Å²) >= 11 is 7.45. The number of rotatable bonds is 6. The SMILES string of the molecule is COc1ccc2c(c1)c(CC(=O)N(c1nccs1)C1CCCCC1)c(C)n2C(=O)Oc1ccc(Cl)cc1. The number of thiazole rings is 1. The second-order valence-electron chi connectivity index (χ2n) is 9.15. The number of hydrogen-bond acceptors (Lipinski definition) is 6. The molecule has 1 amide bonds. The molecule has 0 N–H and O–H groups in total. The Morgan fingerprint density at radius 3 is 2.51 bits per heavy atom. The molecule has 0 unspecified atom stereocenters. The Kier molecular flexibility index (Phi) is 7.48. The van der Waals surface area contributed by atoms with Crippen LogP contribution in [-0.2, 0) is 11.2 Å². The van der Waals surface area contributed by atoms with Crippen molar-refractivity contribution in [1.82, 2.24) is 9.55 Å². The van der Waals surface area contributed by atoms with Crippen LogP contribution in [-0.4, -0.2) is 34.7 Å². The van der Waals surface area contributed by atoms with E-state index in [4.69, 9.17) is 21.1 Å². The lowest BCUT2D eigenvalue weighted by atomic mass is 9.94. The van der Waals surface area contributed by atoms with Crippen molar-refractivity contribution in [2.75, 3.05) is 12.0 Å². The molecule has 0 saturated heterocycles. The van der Waals surface area contributed by atoms with Gasteiger partial charge in [-0.15, -0.1) is 11.3 Å². The average molecular weight is 538 g/mol. The zero-order valence-corrected chi connectivity index (χ0v) is 22.3. The van der Waals surface area contributed by atoms with Crippen LogP contribution in [0.3, 0.4) is 0 Å². The van der Waals surface area contributed by atoms with Gasteiger partial charge in [0.25, 0.3) is 0 Å². The number of benzene rings is 2. The lowest BCUT2D eigenvalue weighted by Crippen LogP contribution is -2.42. The molecule has 37 heavy (non-hydrogen) atoms. The molecule has 2 aromatic carbocycles. The number of ether oxygens (including phenoxy) is 2. The second kappa shape index (κ2) is 10.9. The van der Waals surface area contributed by atoms with E-state index in [0.717, 1.165) is 41.8 Å². The summed E-state index contributed by atoms with van der Waals surface area (Å²) in [4.78, 5) is 33.6. The molecule has 1 aliphatic carbocycles. The monoisotopic (exact) mass is 537 g/mol. The fraction of sp³-hybridized carbons (Fsp3) is 0.321. The Morgan fingerprint density at radius 2 is 1.84 bits per heavy atom. The number of aromatic nitrogens is 2. The lowest BCUT2D eigenvalue weighted by molar-refractivity contribution is -0.118. The molecular formula is C28H28ClN3O4S. The van der Waals surface area contributed by atoms with E-state index >= 15 is 0 Å². The smallest absolute Gasteiger partial charge is 0.424 e. The van der Waals surface area contributed by atoms with Gasteiger partial charge in [0.2, 0.25) is 5.91 Å². The van der Waals surface area contributed by atoms with Crippen LogP contribution >= 0.6 is 22.9 Å². The van der Waals surface area contributed by atoms with Crippen LogP contribution in [0.25, 0.3) is 10.9 Å². The average Bonchev–Trinajstić information content (AvgIpc) is 3.52. The molecule has 0 spiro atoms. The molecule has 1 saturated carbocycles. The first-order chi connectivity index (χ1) is 18.0. The fourth-order valence-electron chi connectivity index (χ4n) is 5.07. The van der Waals surface area contributed by atoms with Gasteiger partial charge in [-0.1, -0.05) is 30.9 Å². The summed E-state index contributed by atoms with van der Waals surface area (Å²) in [6, 6.07) is 12.2. The fourth-order valence-corrected chi connectivity index (χ4v) is 5.93. The molecule has 9 heteroatoms. The molecule has 2 aromatic heterocycles. The van der Waals surface area contributed by atoms with E-state index in [1.54, 1.807) is 43.6 Å². The molecule has 0 atom stereocenters. The first kappa shape index (κ1) is 25.3. The van der Waals surface area contributed by atoms with Crippen molar-refractivity contribution in [3.8, 4) is 11.5 Å². The number of carbonyl (C=O) groups is 2. The molecule has 4 aromatic rings. The molecule has 5 rings (SSSR count). The summed E-state index contributed by atoms with van der Waals surface area (Å²) in [5.41, 5.74) is 2.07. The summed E-state index contributed by atoms with van der Waals surface area (Å²) in [6.45, 7) is 1.84. The standard InChI is InChI=1S/C28H28ClN3O4S/c1-18-23(17-26(33)32(27-30-14-15-37-27)20-6-4-3-5-7-20)24-16-22(35-2)12-13-25(24)31(18)28(34)36-21-10-8-19(29)9-11-21/h8-16,20H,3-7,17H2,1-2H3. The molecule has 1 aliphatic rings. The van der Waals surface area contributed by atoms with E-state index in [2.05, 4.69) is 4.98 Å². The van der Waals surface area contributed by atoms with Crippen molar-refractivity contribution < 1.29 is 19.1 Å². The Morgan fingerprint density at radius 1 is 1.11 bits per heavy atom. The first-order valence-corrected chi connectivity index (χ1v) is 13.6. The van der Waals surface area contributed by atoms with E-state index in [0.29, 0.717) is 27.7 Å². The zero-order valence-electron chi connectivity index (χ0n) is 20.8. The molecule has 0 bridgehead atoms. The zero-order chi connectivity index (χ0) is 25.9. The van der Waals surface area contributed by atoms with Crippen LogP contribution in [0.15, 0.2) is 54.0 Å². The Bertz CT molecular complexity index is 1410. The summed E-state index contributed by atoms with van der Waals surface area (Å²) < 4.78 is 12.6. The largest absolute Gasteiger partial charge is 0.497 e. The van der Waals surface area contributed by atoms with E-state index in [9.17, 15) is 9.59 Å². The van der Waals surface area contributed by atoms with Crippen molar-refractivity contribution >= 4 is 51.0 Å². The van der Waals surface area contributed by atoms with Gasteiger partial charge < -0.3 is 9.47 Å². The van der Waals surface area contributed by atoms with Gasteiger partial charge >= 0.3 is 6.09 Å². The topological polar surface area (TPSA) is 73.7 Å². The molecule has 192 valence electrons. The lowest BCUT2D eigenvalue weighted by Gasteiger charge is -2.32. The van der Waals surface area contributed by atoms with Crippen LogP contribution in [0.1, 0.15) is 43.4 Å². The maximum Gasteiger partial charge on any atom is 0.424 e. The van der Waals surface area contributed by atoms with Crippen molar-refractivity contribution in [3.05, 3.63) is 70.3 Å². The Balaban J connectivity index is 1.52. The third-order valence-corrected chi connectivity index (χ3v) is 7.93. The van der Waals surface area contributed by atoms with Gasteiger partial charge in [0.05, 0.1) is 19.0 Å². The number of hydrogen-bond donors (Lipinski definition) is 0. The van der Waals surface area contributed by atoms with Crippen molar-refractivity contribution in [3.63, 3.8) is 0 Å². The van der Waals surface area contributed by atoms with E-state index in [1.807, 2.05) is 29.3 Å². The first-order valence-electron chi connectivity index (χ1n) is 12.3. The maximum atomic E-state index is 13.9. The van der Waals surface area contributed by atoms with Crippen LogP contribution in [0.5, 0.6) is 11.5 Å². The molecule has 2 heterocycles. The van der Waals surface area contributed by atoms with Gasteiger partial charge in [-0.3, -0.25) is 9.69 Å². The van der Waals surface area contributed by atoms with Gasteiger partial charge in [-0.2, -0.15) is 0 Å². The van der Waals surface area contributed by atoms with Crippen molar-refractivity contribution in [2.24, 2.45) is 0 Å². The van der Waals surface area contributed by atoms with Crippen LogP contribution in [0.2, 0.25) is 5.02 Å². The van der Waals surface area contributed by atoms with Crippen LogP contribution in [0.4, 0.5) is 9.93 Å². The number of methoxy groups -OCH3 is 1. The number of halogens is 1. The number of nitrogens with zero attached hydrogens (tertiary/aromatic N) is 3. The minimum Gasteiger partial charge on any atom is -0.497 e. The van der Waals surface area contributed by atoms with Crippen LogP contribution < -0.4 is 14.4 Å². The quantitative estimate of drug-likeness (QED) is 0.264. The highest BCUT2D eigenvalue weighted by Gasteiger charge is 2.30. The number of carbonyl (C=O) groups excluding carboxylic acids is 2. The number of fused-ring (bicyclic) bond motifs is 1. The van der Waals surface area contributed by atoms with Gasteiger partial charge in [0.1, 0.15) is 11.5 Å². The normalized spacial score (nSPS) is 14.0. The maximum absolute atomic E-state index is 13.9. The summed E-state index contributed by atoms with van der Waals surface area (Å²) in [5.74, 6) is 1.00.